The first kappa shape index (κ1) is 13.8. The largest absolute Gasteiger partial charge is 0.301 e. The number of hydrogen-bond acceptors (Lipinski definition) is 2. The number of hydroxylamine groups is 1. The van der Waals surface area contributed by atoms with Crippen LogP contribution in [0.2, 0.25) is 10.0 Å². The van der Waals surface area contributed by atoms with Gasteiger partial charge < -0.3 is 4.84 Å². The van der Waals surface area contributed by atoms with Gasteiger partial charge in [-0.3, -0.25) is 0 Å². The minimum atomic E-state index is 0.0185. The summed E-state index contributed by atoms with van der Waals surface area (Å²) < 4.78 is 0. The van der Waals surface area contributed by atoms with E-state index < -0.39 is 0 Å². The molecule has 0 aliphatic carbocycles. The van der Waals surface area contributed by atoms with Crippen LogP contribution >= 0.6 is 23.2 Å². The van der Waals surface area contributed by atoms with Crippen molar-refractivity contribution in [2.24, 2.45) is 5.92 Å². The van der Waals surface area contributed by atoms with Crippen LogP contribution in [0, 0.1) is 5.92 Å². The summed E-state index contributed by atoms with van der Waals surface area (Å²) in [5.74, 6) is 0.495. The summed E-state index contributed by atoms with van der Waals surface area (Å²) in [5, 5.41) is 1.15. The normalized spacial score (nSPS) is 13.1. The van der Waals surface area contributed by atoms with E-state index in [4.69, 9.17) is 28.0 Å². The minimum Gasteiger partial charge on any atom is -0.301 e. The molecule has 4 heteroatoms. The van der Waals surface area contributed by atoms with Gasteiger partial charge in [-0.05, 0) is 24.5 Å². The van der Waals surface area contributed by atoms with Crippen molar-refractivity contribution in [1.82, 2.24) is 5.48 Å². The number of nitrogens with one attached hydrogen (secondary N) is 1. The lowest BCUT2D eigenvalue weighted by molar-refractivity contribution is 0.00411. The Balaban J connectivity index is 2.59. The minimum absolute atomic E-state index is 0.0185. The molecule has 1 atom stereocenters. The van der Waals surface area contributed by atoms with Gasteiger partial charge in [-0.15, -0.1) is 0 Å². The maximum Gasteiger partial charge on any atom is 0.0705 e. The molecule has 1 rings (SSSR count). The Hall–Kier alpha value is -0.280. The van der Waals surface area contributed by atoms with Gasteiger partial charge in [-0.1, -0.05) is 49.2 Å². The van der Waals surface area contributed by atoms with Crippen LogP contribution < -0.4 is 5.48 Å². The fourth-order valence-electron chi connectivity index (χ4n) is 1.26. The molecule has 1 aromatic carbocycles. The zero-order chi connectivity index (χ0) is 12.1. The Morgan fingerprint density at radius 2 is 1.94 bits per heavy atom. The van der Waals surface area contributed by atoms with E-state index in [1.165, 1.54) is 0 Å². The molecule has 0 saturated carbocycles. The Bertz CT molecular complexity index is 342. The van der Waals surface area contributed by atoms with Gasteiger partial charge in [0.25, 0.3) is 0 Å². The molecule has 0 aliphatic rings. The topological polar surface area (TPSA) is 21.3 Å². The standard InChI is InChI=1S/C12H17Cl2NO/c1-8(2)7-16-15-9(3)10-5-4-6-11(13)12(10)14/h4-6,8-9,15H,7H2,1-3H3. The number of hydrogen-bond donors (Lipinski definition) is 1. The van der Waals surface area contributed by atoms with E-state index in [0.29, 0.717) is 22.6 Å². The second-order valence-electron chi connectivity index (χ2n) is 4.19. The van der Waals surface area contributed by atoms with E-state index in [9.17, 15) is 0 Å². The van der Waals surface area contributed by atoms with E-state index in [1.807, 2.05) is 19.1 Å². The third-order valence-electron chi connectivity index (χ3n) is 2.12. The number of rotatable bonds is 5. The molecular weight excluding hydrogens is 245 g/mol. The molecule has 1 aromatic rings. The van der Waals surface area contributed by atoms with Crippen LogP contribution in [0.4, 0.5) is 0 Å². The van der Waals surface area contributed by atoms with Gasteiger partial charge in [-0.2, -0.15) is 5.48 Å². The van der Waals surface area contributed by atoms with Crippen LogP contribution in [0.5, 0.6) is 0 Å². The molecule has 0 saturated heterocycles. The van der Waals surface area contributed by atoms with Gasteiger partial charge in [0.2, 0.25) is 0 Å². The van der Waals surface area contributed by atoms with Crippen LogP contribution in [-0.4, -0.2) is 6.61 Å². The average molecular weight is 262 g/mol. The summed E-state index contributed by atoms with van der Waals surface area (Å²) in [5.41, 5.74) is 3.90. The van der Waals surface area contributed by atoms with Gasteiger partial charge >= 0.3 is 0 Å². The Morgan fingerprint density at radius 3 is 2.56 bits per heavy atom. The highest BCUT2D eigenvalue weighted by atomic mass is 35.5. The number of benzene rings is 1. The van der Waals surface area contributed by atoms with Crippen LogP contribution in [0.1, 0.15) is 32.4 Å². The first-order valence-corrected chi connectivity index (χ1v) is 6.09. The van der Waals surface area contributed by atoms with Crippen LogP contribution in [0.3, 0.4) is 0 Å². The van der Waals surface area contributed by atoms with Crippen molar-refractivity contribution in [2.45, 2.75) is 26.8 Å². The molecule has 0 fully saturated rings. The van der Waals surface area contributed by atoms with Crippen LogP contribution in [-0.2, 0) is 4.84 Å². The molecule has 0 heterocycles. The van der Waals surface area contributed by atoms with E-state index >= 15 is 0 Å². The highest BCUT2D eigenvalue weighted by molar-refractivity contribution is 6.42. The molecule has 1 N–H and O–H groups in total. The lowest BCUT2D eigenvalue weighted by Gasteiger charge is -2.16. The van der Waals surface area contributed by atoms with Crippen LogP contribution in [0.15, 0.2) is 18.2 Å². The molecule has 90 valence electrons. The predicted molar refractivity (Wildman–Crippen MR) is 68.8 cm³/mol. The van der Waals surface area contributed by atoms with E-state index in [-0.39, 0.29) is 6.04 Å². The maximum atomic E-state index is 6.10. The fourth-order valence-corrected chi connectivity index (χ4v) is 1.73. The number of halogens is 2. The summed E-state index contributed by atoms with van der Waals surface area (Å²) in [6.45, 7) is 6.85. The average Bonchev–Trinajstić information content (AvgIpc) is 2.21. The van der Waals surface area contributed by atoms with Gasteiger partial charge in [0.1, 0.15) is 0 Å². The molecule has 2 nitrogen and oxygen atoms in total. The van der Waals surface area contributed by atoms with Crippen molar-refractivity contribution in [3.8, 4) is 0 Å². The molecule has 1 unspecified atom stereocenters. The van der Waals surface area contributed by atoms with Gasteiger partial charge in [0.15, 0.2) is 0 Å². The Kier molecular flexibility index (Phi) is 5.56. The monoisotopic (exact) mass is 261 g/mol. The van der Waals surface area contributed by atoms with Crippen molar-refractivity contribution in [3.63, 3.8) is 0 Å². The van der Waals surface area contributed by atoms with Gasteiger partial charge in [0.05, 0.1) is 22.7 Å². The molecule has 0 radical (unpaired) electrons. The van der Waals surface area contributed by atoms with E-state index in [0.717, 1.165) is 5.56 Å². The zero-order valence-electron chi connectivity index (χ0n) is 9.76. The third kappa shape index (κ3) is 3.95. The lowest BCUT2D eigenvalue weighted by atomic mass is 10.1. The summed E-state index contributed by atoms with van der Waals surface area (Å²) in [7, 11) is 0. The summed E-state index contributed by atoms with van der Waals surface area (Å²) in [4.78, 5) is 5.35. The second-order valence-corrected chi connectivity index (χ2v) is 4.97. The highest BCUT2D eigenvalue weighted by Crippen LogP contribution is 2.29. The first-order chi connectivity index (χ1) is 7.52. The van der Waals surface area contributed by atoms with Crippen molar-refractivity contribution in [3.05, 3.63) is 33.8 Å². The van der Waals surface area contributed by atoms with Crippen molar-refractivity contribution >= 4 is 23.2 Å². The van der Waals surface area contributed by atoms with Crippen molar-refractivity contribution < 1.29 is 4.84 Å². The van der Waals surface area contributed by atoms with Crippen molar-refractivity contribution in [2.75, 3.05) is 6.61 Å². The summed E-state index contributed by atoms with van der Waals surface area (Å²) in [6, 6.07) is 5.61. The highest BCUT2D eigenvalue weighted by Gasteiger charge is 2.11. The molecule has 0 aliphatic heterocycles. The Labute approximate surface area is 107 Å². The van der Waals surface area contributed by atoms with Crippen molar-refractivity contribution in [1.29, 1.82) is 0 Å². The zero-order valence-corrected chi connectivity index (χ0v) is 11.3. The Morgan fingerprint density at radius 1 is 1.25 bits per heavy atom. The predicted octanol–water partition coefficient (Wildman–Crippen LogP) is 4.23. The smallest absolute Gasteiger partial charge is 0.0705 e. The van der Waals surface area contributed by atoms with Crippen LogP contribution in [0.25, 0.3) is 0 Å². The summed E-state index contributed by atoms with van der Waals surface area (Å²) in [6.07, 6.45) is 0. The molecule has 0 spiro atoms. The van der Waals surface area contributed by atoms with E-state index in [1.54, 1.807) is 6.07 Å². The molecular formula is C12H17Cl2NO. The molecule has 16 heavy (non-hydrogen) atoms. The molecule has 0 bridgehead atoms. The first-order valence-electron chi connectivity index (χ1n) is 5.33. The molecule has 0 aromatic heterocycles. The summed E-state index contributed by atoms with van der Waals surface area (Å²) >= 11 is 12.0. The fraction of sp³-hybridized carbons (Fsp3) is 0.500. The lowest BCUT2D eigenvalue weighted by Crippen LogP contribution is -2.21. The van der Waals surface area contributed by atoms with E-state index in [2.05, 4.69) is 19.3 Å². The second kappa shape index (κ2) is 6.45. The van der Waals surface area contributed by atoms with Gasteiger partial charge in [-0.25, -0.2) is 0 Å². The quantitative estimate of drug-likeness (QED) is 0.802. The SMILES string of the molecule is CC(C)CONC(C)c1cccc(Cl)c1Cl. The van der Waals surface area contributed by atoms with Gasteiger partial charge in [0, 0.05) is 0 Å². The molecule has 0 amide bonds. The third-order valence-corrected chi connectivity index (χ3v) is 2.96. The maximum absolute atomic E-state index is 6.10.